The lowest BCUT2D eigenvalue weighted by Gasteiger charge is -2.38. The maximum atomic E-state index is 12.7. The van der Waals surface area contributed by atoms with Gasteiger partial charge in [0.1, 0.15) is 0 Å². The van der Waals surface area contributed by atoms with E-state index in [2.05, 4.69) is 11.3 Å². The van der Waals surface area contributed by atoms with Crippen molar-refractivity contribution >= 4 is 5.91 Å². The zero-order valence-electron chi connectivity index (χ0n) is 8.91. The maximum Gasteiger partial charge on any atom is 0.422 e. The van der Waals surface area contributed by atoms with E-state index >= 15 is 0 Å². The van der Waals surface area contributed by atoms with E-state index in [4.69, 9.17) is 0 Å². The lowest BCUT2D eigenvalue weighted by atomic mass is 9.97. The maximum absolute atomic E-state index is 12.7. The number of amides is 1. The third-order valence-corrected chi connectivity index (χ3v) is 2.48. The number of ether oxygens (including phenoxy) is 1. The standard InChI is InChI=1S/C9H9F6NO2/c1-5-2-3-18-4-7(8(10,11)12,9(13,14)15)16-6(5)17/h1-4H2,(H,16,17). The van der Waals surface area contributed by atoms with Gasteiger partial charge >= 0.3 is 12.4 Å². The molecule has 0 unspecified atom stereocenters. The van der Waals surface area contributed by atoms with Gasteiger partial charge in [0.2, 0.25) is 5.91 Å². The highest BCUT2D eigenvalue weighted by molar-refractivity contribution is 5.93. The summed E-state index contributed by atoms with van der Waals surface area (Å²) >= 11 is 0. The summed E-state index contributed by atoms with van der Waals surface area (Å²) < 4.78 is 80.3. The lowest BCUT2D eigenvalue weighted by Crippen LogP contribution is -2.70. The fraction of sp³-hybridized carbons (Fsp3) is 0.667. The zero-order valence-corrected chi connectivity index (χ0v) is 8.91. The van der Waals surface area contributed by atoms with Crippen LogP contribution in [0.4, 0.5) is 26.3 Å². The summed E-state index contributed by atoms with van der Waals surface area (Å²) in [5.41, 5.74) is -4.80. The Morgan fingerprint density at radius 2 is 1.67 bits per heavy atom. The molecule has 1 amide bonds. The van der Waals surface area contributed by atoms with Crippen LogP contribution >= 0.6 is 0 Å². The summed E-state index contributed by atoms with van der Waals surface area (Å²) in [6.45, 7) is 0.960. The van der Waals surface area contributed by atoms with E-state index in [0.29, 0.717) is 0 Å². The third-order valence-electron chi connectivity index (χ3n) is 2.48. The first-order valence-electron chi connectivity index (χ1n) is 4.73. The van der Waals surface area contributed by atoms with Crippen LogP contribution < -0.4 is 5.32 Å². The van der Waals surface area contributed by atoms with Crippen molar-refractivity contribution in [3.8, 4) is 0 Å². The predicted molar refractivity (Wildman–Crippen MR) is 47.6 cm³/mol. The molecule has 18 heavy (non-hydrogen) atoms. The molecule has 0 radical (unpaired) electrons. The number of alkyl halides is 6. The van der Waals surface area contributed by atoms with Crippen LogP contribution in [-0.4, -0.2) is 37.0 Å². The van der Waals surface area contributed by atoms with Gasteiger partial charge in [-0.2, -0.15) is 26.3 Å². The number of hydrogen-bond donors (Lipinski definition) is 1. The topological polar surface area (TPSA) is 38.3 Å². The number of halogens is 6. The molecular weight excluding hydrogens is 268 g/mol. The predicted octanol–water partition coefficient (Wildman–Crippen LogP) is 1.94. The Hall–Kier alpha value is -1.25. The van der Waals surface area contributed by atoms with Gasteiger partial charge in [-0.05, 0) is 0 Å². The highest BCUT2D eigenvalue weighted by Crippen LogP contribution is 2.43. The Labute approximate surface area is 97.8 Å². The van der Waals surface area contributed by atoms with Crippen LogP contribution in [0.25, 0.3) is 0 Å². The quantitative estimate of drug-likeness (QED) is 0.543. The van der Waals surface area contributed by atoms with Crippen molar-refractivity contribution in [1.29, 1.82) is 0 Å². The van der Waals surface area contributed by atoms with Gasteiger partial charge in [0.05, 0.1) is 13.2 Å². The molecular formula is C9H9F6NO2. The first-order chi connectivity index (χ1) is 8.01. The molecule has 1 saturated heterocycles. The van der Waals surface area contributed by atoms with E-state index in [-0.39, 0.29) is 6.42 Å². The Balaban J connectivity index is 3.23. The van der Waals surface area contributed by atoms with Gasteiger partial charge in [-0.1, -0.05) is 6.58 Å². The van der Waals surface area contributed by atoms with E-state index in [1.165, 1.54) is 0 Å². The van der Waals surface area contributed by atoms with Gasteiger partial charge in [-0.3, -0.25) is 4.79 Å². The summed E-state index contributed by atoms with van der Waals surface area (Å²) in [6, 6.07) is 0. The summed E-state index contributed by atoms with van der Waals surface area (Å²) in [7, 11) is 0. The second-order valence-corrected chi connectivity index (χ2v) is 3.76. The molecule has 0 aromatic rings. The van der Waals surface area contributed by atoms with Gasteiger partial charge in [0.15, 0.2) is 0 Å². The molecule has 1 aliphatic heterocycles. The number of rotatable bonds is 0. The molecule has 0 aromatic carbocycles. The number of nitrogens with one attached hydrogen (secondary N) is 1. The van der Waals surface area contributed by atoms with Crippen molar-refractivity contribution in [2.24, 2.45) is 0 Å². The smallest absolute Gasteiger partial charge is 0.378 e. The minimum Gasteiger partial charge on any atom is -0.378 e. The minimum atomic E-state index is -5.72. The SMILES string of the molecule is C=C1CCOCC(C(F)(F)F)(C(F)(F)F)NC1=O. The van der Waals surface area contributed by atoms with Gasteiger partial charge in [0, 0.05) is 12.0 Å². The van der Waals surface area contributed by atoms with Gasteiger partial charge in [-0.15, -0.1) is 0 Å². The van der Waals surface area contributed by atoms with E-state index in [1.807, 2.05) is 0 Å². The third kappa shape index (κ3) is 2.45. The van der Waals surface area contributed by atoms with Crippen molar-refractivity contribution in [3.05, 3.63) is 12.2 Å². The highest BCUT2D eigenvalue weighted by atomic mass is 19.4. The van der Waals surface area contributed by atoms with Crippen LogP contribution in [0, 0.1) is 0 Å². The van der Waals surface area contributed by atoms with Crippen LogP contribution in [0.5, 0.6) is 0 Å². The molecule has 3 nitrogen and oxygen atoms in total. The van der Waals surface area contributed by atoms with Crippen LogP contribution in [0.2, 0.25) is 0 Å². The van der Waals surface area contributed by atoms with E-state index in [1.54, 1.807) is 0 Å². The van der Waals surface area contributed by atoms with E-state index < -0.39 is 42.6 Å². The van der Waals surface area contributed by atoms with E-state index in [0.717, 1.165) is 5.32 Å². The van der Waals surface area contributed by atoms with Crippen LogP contribution in [0.1, 0.15) is 6.42 Å². The summed E-state index contributed by atoms with van der Waals surface area (Å²) in [5.74, 6) is -1.48. The molecule has 1 rings (SSSR count). The first kappa shape index (κ1) is 14.8. The summed E-state index contributed by atoms with van der Waals surface area (Å²) in [6.07, 6.45) is -11.6. The molecule has 1 heterocycles. The molecule has 1 N–H and O–H groups in total. The molecule has 9 heteroatoms. The zero-order chi connectivity index (χ0) is 14.2. The van der Waals surface area contributed by atoms with Crippen LogP contribution in [-0.2, 0) is 9.53 Å². The van der Waals surface area contributed by atoms with Gasteiger partial charge in [-0.25, -0.2) is 0 Å². The average Bonchev–Trinajstić information content (AvgIpc) is 2.15. The average molecular weight is 277 g/mol. The highest BCUT2D eigenvalue weighted by Gasteiger charge is 2.72. The molecule has 0 bridgehead atoms. The van der Waals surface area contributed by atoms with Crippen molar-refractivity contribution in [1.82, 2.24) is 5.32 Å². The van der Waals surface area contributed by atoms with Crippen LogP contribution in [0.3, 0.4) is 0 Å². The lowest BCUT2D eigenvalue weighted by molar-refractivity contribution is -0.316. The summed E-state index contributed by atoms with van der Waals surface area (Å²) in [5, 5.41) is 0.949. The van der Waals surface area contributed by atoms with Crippen molar-refractivity contribution in [2.75, 3.05) is 13.2 Å². The van der Waals surface area contributed by atoms with Gasteiger partial charge in [0.25, 0.3) is 5.54 Å². The molecule has 0 aromatic heterocycles. The Morgan fingerprint density at radius 1 is 1.17 bits per heavy atom. The van der Waals surface area contributed by atoms with E-state index in [9.17, 15) is 31.1 Å². The normalized spacial score (nSPS) is 22.1. The molecule has 0 atom stereocenters. The molecule has 1 fully saturated rings. The number of hydrogen-bond acceptors (Lipinski definition) is 2. The Morgan fingerprint density at radius 3 is 2.11 bits per heavy atom. The number of carbonyl (C=O) groups is 1. The van der Waals surface area contributed by atoms with Crippen molar-refractivity contribution in [3.63, 3.8) is 0 Å². The molecule has 0 spiro atoms. The first-order valence-corrected chi connectivity index (χ1v) is 4.73. The summed E-state index contributed by atoms with van der Waals surface area (Å²) in [4.78, 5) is 11.2. The Kier molecular flexibility index (Phi) is 3.66. The molecule has 0 aliphatic carbocycles. The molecule has 0 saturated carbocycles. The number of carbonyl (C=O) groups excluding carboxylic acids is 1. The fourth-order valence-electron chi connectivity index (χ4n) is 1.32. The fourth-order valence-corrected chi connectivity index (χ4v) is 1.32. The van der Waals surface area contributed by atoms with Crippen molar-refractivity contribution < 1.29 is 35.9 Å². The molecule has 104 valence electrons. The van der Waals surface area contributed by atoms with Crippen molar-refractivity contribution in [2.45, 2.75) is 24.3 Å². The molecule has 1 aliphatic rings. The second-order valence-electron chi connectivity index (χ2n) is 3.76. The Bertz CT molecular complexity index is 345. The minimum absolute atomic E-state index is 0.127. The van der Waals surface area contributed by atoms with Gasteiger partial charge < -0.3 is 10.1 Å². The monoisotopic (exact) mass is 277 g/mol. The second kappa shape index (κ2) is 4.45. The largest absolute Gasteiger partial charge is 0.422 e. The van der Waals surface area contributed by atoms with Crippen LogP contribution in [0.15, 0.2) is 12.2 Å².